The van der Waals surface area contributed by atoms with Crippen LogP contribution in [0.2, 0.25) is 0 Å². The number of allylic oxidation sites excluding steroid dienone is 1. The Kier molecular flexibility index (Phi) is 2.45. The zero-order chi connectivity index (χ0) is 7.40. The van der Waals surface area contributed by atoms with Crippen molar-refractivity contribution in [3.05, 3.63) is 11.8 Å². The Morgan fingerprint density at radius 2 is 2.40 bits per heavy atom. The van der Waals surface area contributed by atoms with Crippen LogP contribution in [0.4, 0.5) is 0 Å². The number of nitrogens with two attached hydrogens (primary N) is 1. The Balaban J connectivity index is 2.30. The Labute approximate surface area is 60.8 Å². The molecule has 1 aliphatic carbocycles. The van der Waals surface area contributed by atoms with Gasteiger partial charge in [-0.3, -0.25) is 0 Å². The highest BCUT2D eigenvalue weighted by atomic mass is 15.0. The summed E-state index contributed by atoms with van der Waals surface area (Å²) in [7, 11) is 0. The van der Waals surface area contributed by atoms with Gasteiger partial charge in [-0.15, -0.1) is 0 Å². The first-order valence-corrected chi connectivity index (χ1v) is 3.53. The van der Waals surface area contributed by atoms with Crippen LogP contribution >= 0.6 is 0 Å². The molecule has 10 heavy (non-hydrogen) atoms. The smallest absolute Gasteiger partial charge is 0.0329 e. The molecule has 0 aliphatic heterocycles. The lowest BCUT2D eigenvalue weighted by molar-refractivity contribution is 0.782. The van der Waals surface area contributed by atoms with Crippen LogP contribution in [-0.4, -0.2) is 18.8 Å². The molecule has 1 saturated carbocycles. The van der Waals surface area contributed by atoms with Crippen molar-refractivity contribution in [3.63, 3.8) is 0 Å². The van der Waals surface area contributed by atoms with E-state index in [-0.39, 0.29) is 0 Å². The highest BCUT2D eigenvalue weighted by molar-refractivity contribution is 5.68. The molecular formula is C7H13N3. The van der Waals surface area contributed by atoms with Crippen molar-refractivity contribution in [2.24, 2.45) is 5.73 Å². The predicted molar refractivity (Wildman–Crippen MR) is 42.1 cm³/mol. The Morgan fingerprint density at radius 3 is 2.80 bits per heavy atom. The van der Waals surface area contributed by atoms with Crippen LogP contribution in [0.5, 0.6) is 0 Å². The van der Waals surface area contributed by atoms with Crippen molar-refractivity contribution in [1.82, 2.24) is 5.32 Å². The van der Waals surface area contributed by atoms with Gasteiger partial charge < -0.3 is 16.5 Å². The summed E-state index contributed by atoms with van der Waals surface area (Å²) in [6, 6.07) is 0.634. The van der Waals surface area contributed by atoms with Crippen molar-refractivity contribution in [2.45, 2.75) is 18.9 Å². The number of hydrogen-bond acceptors (Lipinski definition) is 3. The summed E-state index contributed by atoms with van der Waals surface area (Å²) < 4.78 is 0. The zero-order valence-corrected chi connectivity index (χ0v) is 5.93. The number of hydrogen-bond donors (Lipinski definition) is 3. The first-order valence-electron chi connectivity index (χ1n) is 3.53. The molecule has 0 radical (unpaired) electrons. The molecule has 0 bridgehead atoms. The maximum Gasteiger partial charge on any atom is 0.0329 e. The quantitative estimate of drug-likeness (QED) is 0.488. The van der Waals surface area contributed by atoms with Crippen molar-refractivity contribution in [2.75, 3.05) is 6.54 Å². The first-order chi connectivity index (χ1) is 4.86. The van der Waals surface area contributed by atoms with E-state index in [2.05, 4.69) is 5.32 Å². The second kappa shape index (κ2) is 3.37. The van der Waals surface area contributed by atoms with Gasteiger partial charge in [-0.2, -0.15) is 0 Å². The van der Waals surface area contributed by atoms with Gasteiger partial charge in [0.1, 0.15) is 0 Å². The van der Waals surface area contributed by atoms with E-state index < -0.39 is 0 Å². The molecular weight excluding hydrogens is 126 g/mol. The minimum atomic E-state index is 0.506. The molecule has 0 unspecified atom stereocenters. The van der Waals surface area contributed by atoms with Crippen LogP contribution in [0.25, 0.3) is 0 Å². The molecule has 56 valence electrons. The SMILES string of the molecule is N=C/C=C(/CN)NC1CC1. The van der Waals surface area contributed by atoms with Crippen molar-refractivity contribution in [1.29, 1.82) is 5.41 Å². The molecule has 0 aromatic carbocycles. The third-order valence-corrected chi connectivity index (χ3v) is 1.47. The summed E-state index contributed by atoms with van der Waals surface area (Å²) in [4.78, 5) is 0. The van der Waals surface area contributed by atoms with Crippen LogP contribution in [0.3, 0.4) is 0 Å². The van der Waals surface area contributed by atoms with E-state index in [4.69, 9.17) is 11.1 Å². The predicted octanol–water partition coefficient (Wildman–Crippen LogP) is 0.231. The van der Waals surface area contributed by atoms with Crippen LogP contribution in [0.1, 0.15) is 12.8 Å². The normalized spacial score (nSPS) is 18.7. The van der Waals surface area contributed by atoms with Crippen LogP contribution in [0.15, 0.2) is 11.8 Å². The number of rotatable bonds is 4. The lowest BCUT2D eigenvalue weighted by Gasteiger charge is -2.04. The van der Waals surface area contributed by atoms with Gasteiger partial charge in [0, 0.05) is 24.5 Å². The molecule has 0 heterocycles. The average Bonchev–Trinajstić information content (AvgIpc) is 2.71. The maximum atomic E-state index is 6.80. The molecule has 1 rings (SSSR count). The first kappa shape index (κ1) is 7.28. The molecule has 0 spiro atoms. The van der Waals surface area contributed by atoms with Crippen LogP contribution < -0.4 is 11.1 Å². The summed E-state index contributed by atoms with van der Waals surface area (Å²) in [5, 5.41) is 10.0. The van der Waals surface area contributed by atoms with E-state index in [1.807, 2.05) is 0 Å². The Bertz CT molecular complexity index is 147. The van der Waals surface area contributed by atoms with Gasteiger partial charge in [0.25, 0.3) is 0 Å². The fraction of sp³-hybridized carbons (Fsp3) is 0.571. The van der Waals surface area contributed by atoms with E-state index >= 15 is 0 Å². The lowest BCUT2D eigenvalue weighted by Crippen LogP contribution is -2.22. The molecule has 1 aliphatic rings. The van der Waals surface area contributed by atoms with Crippen molar-refractivity contribution < 1.29 is 0 Å². The van der Waals surface area contributed by atoms with Crippen LogP contribution in [-0.2, 0) is 0 Å². The average molecular weight is 139 g/mol. The standard InChI is InChI=1S/C7H13N3/c8-4-3-7(5-9)10-6-1-2-6/h3-4,6,8,10H,1-2,5,9H2/b7-3-,8-4?. The van der Waals surface area contributed by atoms with Crippen molar-refractivity contribution >= 4 is 6.21 Å². The molecule has 3 nitrogen and oxygen atoms in total. The van der Waals surface area contributed by atoms with Gasteiger partial charge in [-0.25, -0.2) is 0 Å². The molecule has 3 heteroatoms. The van der Waals surface area contributed by atoms with Gasteiger partial charge >= 0.3 is 0 Å². The molecule has 1 fully saturated rings. The molecule has 0 aromatic heterocycles. The van der Waals surface area contributed by atoms with Gasteiger partial charge in [0.2, 0.25) is 0 Å². The number of nitrogens with one attached hydrogen (secondary N) is 2. The topological polar surface area (TPSA) is 61.9 Å². The molecule has 0 amide bonds. The zero-order valence-electron chi connectivity index (χ0n) is 5.93. The van der Waals surface area contributed by atoms with Gasteiger partial charge in [0.15, 0.2) is 0 Å². The highest BCUT2D eigenvalue weighted by Crippen LogP contribution is 2.19. The minimum Gasteiger partial charge on any atom is -0.385 e. The summed E-state index contributed by atoms with van der Waals surface area (Å²) in [6.07, 6.45) is 5.46. The Morgan fingerprint density at radius 1 is 1.70 bits per heavy atom. The van der Waals surface area contributed by atoms with Gasteiger partial charge in [-0.1, -0.05) is 0 Å². The minimum absolute atomic E-state index is 0.506. The largest absolute Gasteiger partial charge is 0.385 e. The highest BCUT2D eigenvalue weighted by Gasteiger charge is 2.20. The van der Waals surface area contributed by atoms with Crippen molar-refractivity contribution in [3.8, 4) is 0 Å². The van der Waals surface area contributed by atoms with Gasteiger partial charge in [-0.05, 0) is 18.9 Å². The van der Waals surface area contributed by atoms with E-state index in [9.17, 15) is 0 Å². The van der Waals surface area contributed by atoms with E-state index in [1.54, 1.807) is 6.08 Å². The van der Waals surface area contributed by atoms with Crippen LogP contribution in [0, 0.1) is 5.41 Å². The monoisotopic (exact) mass is 139 g/mol. The third-order valence-electron chi connectivity index (χ3n) is 1.47. The second-order valence-electron chi connectivity index (χ2n) is 2.48. The lowest BCUT2D eigenvalue weighted by atomic mass is 10.4. The molecule has 0 aromatic rings. The summed E-state index contributed by atoms with van der Waals surface area (Å²) in [5.74, 6) is 0. The fourth-order valence-electron chi connectivity index (χ4n) is 0.766. The fourth-order valence-corrected chi connectivity index (χ4v) is 0.766. The second-order valence-corrected chi connectivity index (χ2v) is 2.48. The Hall–Kier alpha value is -0.830. The molecule has 0 saturated heterocycles. The summed E-state index contributed by atoms with van der Waals surface area (Å²) >= 11 is 0. The summed E-state index contributed by atoms with van der Waals surface area (Å²) in [6.45, 7) is 0.506. The van der Waals surface area contributed by atoms with Gasteiger partial charge in [0.05, 0.1) is 0 Å². The van der Waals surface area contributed by atoms with E-state index in [0.717, 1.165) is 5.70 Å². The molecule has 0 atom stereocenters. The summed E-state index contributed by atoms with van der Waals surface area (Å²) in [5.41, 5.74) is 6.37. The third kappa shape index (κ3) is 2.19. The molecule has 4 N–H and O–H groups in total. The van der Waals surface area contributed by atoms with E-state index in [0.29, 0.717) is 12.6 Å². The maximum absolute atomic E-state index is 6.80. The van der Waals surface area contributed by atoms with E-state index in [1.165, 1.54) is 19.1 Å².